The fourth-order valence-corrected chi connectivity index (χ4v) is 1.44. The van der Waals surface area contributed by atoms with Crippen LogP contribution < -0.4 is 0 Å². The van der Waals surface area contributed by atoms with Crippen LogP contribution in [-0.2, 0) is 0 Å². The summed E-state index contributed by atoms with van der Waals surface area (Å²) in [5.74, 6) is 1.12. The minimum atomic E-state index is 0.889. The first-order valence-electron chi connectivity index (χ1n) is 2.27. The Kier molecular flexibility index (Phi) is 1.57. The number of hydrogen-bond acceptors (Lipinski definition) is 3. The molecule has 1 aliphatic heterocycles. The van der Waals surface area contributed by atoms with E-state index in [0.29, 0.717) is 0 Å². The van der Waals surface area contributed by atoms with E-state index in [1.54, 1.807) is 11.8 Å². The molecule has 1 fully saturated rings. The number of nitrogens with zero attached hydrogens (tertiary/aromatic N) is 1. The Morgan fingerprint density at radius 2 is 2.57 bits per heavy atom. The van der Waals surface area contributed by atoms with Gasteiger partial charge in [-0.25, -0.2) is 0 Å². The van der Waals surface area contributed by atoms with Gasteiger partial charge in [-0.2, -0.15) is 0 Å². The van der Waals surface area contributed by atoms with Gasteiger partial charge in [0.1, 0.15) is 5.04 Å². The molecule has 0 unspecified atom stereocenters. The molecule has 0 aliphatic carbocycles. The molecule has 0 bridgehead atoms. The molecule has 1 N–H and O–H groups in total. The SMILES string of the molecule is O/N=C1\CCCS1. The third-order valence-electron chi connectivity index (χ3n) is 0.915. The Morgan fingerprint density at radius 3 is 2.86 bits per heavy atom. The molecule has 1 saturated heterocycles. The van der Waals surface area contributed by atoms with Crippen molar-refractivity contribution in [2.24, 2.45) is 5.16 Å². The fraction of sp³-hybridized carbons (Fsp3) is 0.750. The van der Waals surface area contributed by atoms with Crippen LogP contribution in [0.25, 0.3) is 0 Å². The molecule has 3 heteroatoms. The summed E-state index contributed by atoms with van der Waals surface area (Å²) in [7, 11) is 0. The molecule has 0 aromatic rings. The maximum absolute atomic E-state index is 8.13. The highest BCUT2D eigenvalue weighted by molar-refractivity contribution is 8.14. The number of oxime groups is 1. The third-order valence-corrected chi connectivity index (χ3v) is 2.03. The highest BCUT2D eigenvalue weighted by Gasteiger charge is 2.07. The number of rotatable bonds is 0. The summed E-state index contributed by atoms with van der Waals surface area (Å²) in [4.78, 5) is 0. The van der Waals surface area contributed by atoms with Gasteiger partial charge in [-0.3, -0.25) is 0 Å². The van der Waals surface area contributed by atoms with Gasteiger partial charge in [0.25, 0.3) is 0 Å². The van der Waals surface area contributed by atoms with Crippen LogP contribution in [0.5, 0.6) is 0 Å². The summed E-state index contributed by atoms with van der Waals surface area (Å²) in [6, 6.07) is 0. The molecule has 7 heavy (non-hydrogen) atoms. The standard InChI is InChI=1S/C4H7NOS/c6-5-4-2-1-3-7-4/h6H,1-3H2/b5-4+. The van der Waals surface area contributed by atoms with Crippen LogP contribution in [0.15, 0.2) is 5.16 Å². The molecule has 0 atom stereocenters. The fourth-order valence-electron chi connectivity index (χ4n) is 0.564. The number of thioether (sulfide) groups is 1. The second-order valence-corrected chi connectivity index (χ2v) is 2.61. The van der Waals surface area contributed by atoms with Crippen molar-refractivity contribution in [1.29, 1.82) is 0 Å². The van der Waals surface area contributed by atoms with Crippen molar-refractivity contribution in [3.63, 3.8) is 0 Å². The molecule has 0 aromatic carbocycles. The van der Waals surface area contributed by atoms with Crippen molar-refractivity contribution < 1.29 is 5.21 Å². The molecule has 1 rings (SSSR count). The second-order valence-electron chi connectivity index (χ2n) is 1.45. The summed E-state index contributed by atoms with van der Waals surface area (Å²) < 4.78 is 0. The average molecular weight is 117 g/mol. The van der Waals surface area contributed by atoms with Gasteiger partial charge >= 0.3 is 0 Å². The van der Waals surface area contributed by atoms with Gasteiger partial charge in [0.05, 0.1) is 0 Å². The first-order valence-corrected chi connectivity index (χ1v) is 3.26. The van der Waals surface area contributed by atoms with Crippen molar-refractivity contribution in [1.82, 2.24) is 0 Å². The molecule has 0 radical (unpaired) electrons. The molecule has 40 valence electrons. The highest BCUT2D eigenvalue weighted by atomic mass is 32.2. The largest absolute Gasteiger partial charge is 0.410 e. The van der Waals surface area contributed by atoms with Gasteiger partial charge in [0.15, 0.2) is 0 Å². The second kappa shape index (κ2) is 2.21. The van der Waals surface area contributed by atoms with Gasteiger partial charge in [-0.15, -0.1) is 11.8 Å². The van der Waals surface area contributed by atoms with E-state index in [0.717, 1.165) is 17.2 Å². The minimum absolute atomic E-state index is 0.889. The highest BCUT2D eigenvalue weighted by Crippen LogP contribution is 2.19. The zero-order valence-electron chi connectivity index (χ0n) is 3.92. The third kappa shape index (κ3) is 1.09. The van der Waals surface area contributed by atoms with E-state index in [1.165, 1.54) is 6.42 Å². The van der Waals surface area contributed by atoms with E-state index in [2.05, 4.69) is 5.16 Å². The molecule has 0 aromatic heterocycles. The van der Waals surface area contributed by atoms with Gasteiger partial charge in [-0.05, 0) is 18.6 Å². The van der Waals surface area contributed by atoms with Crippen LogP contribution in [0.1, 0.15) is 12.8 Å². The lowest BCUT2D eigenvalue weighted by Crippen LogP contribution is -1.78. The molecule has 0 spiro atoms. The van der Waals surface area contributed by atoms with Gasteiger partial charge in [-0.1, -0.05) is 5.16 Å². The molecule has 1 heterocycles. The maximum atomic E-state index is 8.13. The number of hydrogen-bond donors (Lipinski definition) is 1. The molecule has 2 nitrogen and oxygen atoms in total. The Bertz CT molecular complexity index is 83.7. The van der Waals surface area contributed by atoms with Crippen molar-refractivity contribution in [2.45, 2.75) is 12.8 Å². The minimum Gasteiger partial charge on any atom is -0.410 e. The average Bonchev–Trinajstić information content (AvgIpc) is 2.14. The lowest BCUT2D eigenvalue weighted by Gasteiger charge is -1.81. The quantitative estimate of drug-likeness (QED) is 0.383. The van der Waals surface area contributed by atoms with Crippen LogP contribution in [-0.4, -0.2) is 16.0 Å². The summed E-state index contributed by atoms with van der Waals surface area (Å²) in [6.45, 7) is 0. The van der Waals surface area contributed by atoms with Crippen molar-refractivity contribution in [3.05, 3.63) is 0 Å². The van der Waals surface area contributed by atoms with E-state index >= 15 is 0 Å². The lowest BCUT2D eigenvalue weighted by atomic mass is 10.4. The van der Waals surface area contributed by atoms with Crippen molar-refractivity contribution >= 4 is 16.8 Å². The van der Waals surface area contributed by atoms with E-state index in [4.69, 9.17) is 5.21 Å². The molecule has 0 saturated carbocycles. The predicted octanol–water partition coefficient (Wildman–Crippen LogP) is 1.30. The van der Waals surface area contributed by atoms with Crippen molar-refractivity contribution in [3.8, 4) is 0 Å². The summed E-state index contributed by atoms with van der Waals surface area (Å²) in [5.41, 5.74) is 0. The Hall–Kier alpha value is -0.180. The molecular formula is C4H7NOS. The first kappa shape index (κ1) is 4.97. The normalized spacial score (nSPS) is 26.6. The lowest BCUT2D eigenvalue weighted by molar-refractivity contribution is 0.319. The van der Waals surface area contributed by atoms with E-state index in [1.807, 2.05) is 0 Å². The Morgan fingerprint density at radius 1 is 1.71 bits per heavy atom. The molecule has 0 amide bonds. The van der Waals surface area contributed by atoms with Crippen LogP contribution >= 0.6 is 11.8 Å². The summed E-state index contributed by atoms with van der Waals surface area (Å²) in [5, 5.41) is 12.1. The van der Waals surface area contributed by atoms with E-state index in [9.17, 15) is 0 Å². The summed E-state index contributed by atoms with van der Waals surface area (Å²) >= 11 is 1.64. The van der Waals surface area contributed by atoms with Crippen LogP contribution in [0.4, 0.5) is 0 Å². The zero-order valence-corrected chi connectivity index (χ0v) is 4.74. The Labute approximate surface area is 46.6 Å². The zero-order chi connectivity index (χ0) is 5.11. The van der Waals surface area contributed by atoms with E-state index < -0.39 is 0 Å². The first-order chi connectivity index (χ1) is 3.43. The predicted molar refractivity (Wildman–Crippen MR) is 30.9 cm³/mol. The monoisotopic (exact) mass is 117 g/mol. The molecular weight excluding hydrogens is 110 g/mol. The summed E-state index contributed by atoms with van der Waals surface area (Å²) in [6.07, 6.45) is 2.14. The van der Waals surface area contributed by atoms with E-state index in [-0.39, 0.29) is 0 Å². The van der Waals surface area contributed by atoms with Crippen molar-refractivity contribution in [2.75, 3.05) is 5.75 Å². The van der Waals surface area contributed by atoms with Crippen LogP contribution in [0, 0.1) is 0 Å². The van der Waals surface area contributed by atoms with Crippen LogP contribution in [0.2, 0.25) is 0 Å². The van der Waals surface area contributed by atoms with Gasteiger partial charge < -0.3 is 5.21 Å². The smallest absolute Gasteiger partial charge is 0.112 e. The topological polar surface area (TPSA) is 32.6 Å². The van der Waals surface area contributed by atoms with Gasteiger partial charge in [0.2, 0.25) is 0 Å². The Balaban J connectivity index is 2.41. The van der Waals surface area contributed by atoms with Gasteiger partial charge in [0, 0.05) is 0 Å². The molecule has 1 aliphatic rings. The maximum Gasteiger partial charge on any atom is 0.112 e. The van der Waals surface area contributed by atoms with Crippen LogP contribution in [0.3, 0.4) is 0 Å².